The van der Waals surface area contributed by atoms with Gasteiger partial charge in [-0.2, -0.15) is 0 Å². The number of carbonyl (C=O) groups is 2. The number of hydrogen-bond acceptors (Lipinski definition) is 4. The van der Waals surface area contributed by atoms with Crippen molar-refractivity contribution in [3.63, 3.8) is 0 Å². The number of likely N-dealkylation sites (tertiary alicyclic amines) is 1. The van der Waals surface area contributed by atoms with Gasteiger partial charge in [-0.15, -0.1) is 0 Å². The number of ether oxygens (including phenoxy) is 2. The zero-order valence-electron chi connectivity index (χ0n) is 15.4. The predicted molar refractivity (Wildman–Crippen MR) is 102 cm³/mol. The van der Waals surface area contributed by atoms with Gasteiger partial charge >= 0.3 is 6.03 Å². The van der Waals surface area contributed by atoms with Crippen LogP contribution < -0.4 is 20.1 Å². The van der Waals surface area contributed by atoms with E-state index < -0.39 is 0 Å². The maximum Gasteiger partial charge on any atom is 0.319 e. The molecule has 0 bridgehead atoms. The summed E-state index contributed by atoms with van der Waals surface area (Å²) in [6.45, 7) is 3.14. The molecule has 1 saturated heterocycles. The molecule has 3 rings (SSSR count). The molecule has 142 valence electrons. The van der Waals surface area contributed by atoms with Crippen LogP contribution >= 0.6 is 0 Å². The number of urea groups is 1. The maximum atomic E-state index is 12.1. The summed E-state index contributed by atoms with van der Waals surface area (Å²) in [6.07, 6.45) is 0.342. The van der Waals surface area contributed by atoms with Crippen molar-refractivity contribution in [2.45, 2.75) is 19.4 Å². The lowest BCUT2D eigenvalue weighted by atomic mass is 10.2. The lowest BCUT2D eigenvalue weighted by molar-refractivity contribution is -0.127. The fraction of sp³-hybridized carbons (Fsp3) is 0.300. The first-order chi connectivity index (χ1) is 13.1. The Kier molecular flexibility index (Phi) is 5.80. The van der Waals surface area contributed by atoms with Crippen molar-refractivity contribution in [3.8, 4) is 17.2 Å². The highest BCUT2D eigenvalue weighted by Gasteiger charge is 2.29. The number of hydrogen-bond donors (Lipinski definition) is 2. The molecule has 2 aromatic rings. The number of nitrogens with one attached hydrogen (secondary N) is 2. The molecule has 1 fully saturated rings. The Bertz CT molecular complexity index is 807. The van der Waals surface area contributed by atoms with Gasteiger partial charge in [-0.1, -0.05) is 6.07 Å². The van der Waals surface area contributed by atoms with E-state index in [-0.39, 0.29) is 18.0 Å². The zero-order chi connectivity index (χ0) is 19.2. The van der Waals surface area contributed by atoms with E-state index in [1.165, 1.54) is 0 Å². The Morgan fingerprint density at radius 3 is 2.56 bits per heavy atom. The summed E-state index contributed by atoms with van der Waals surface area (Å²) < 4.78 is 10.9. The average Bonchev–Trinajstić information content (AvgIpc) is 3.02. The largest absolute Gasteiger partial charge is 0.497 e. The monoisotopic (exact) mass is 369 g/mol. The Hall–Kier alpha value is -3.22. The van der Waals surface area contributed by atoms with Crippen LogP contribution in [-0.2, 0) is 4.79 Å². The summed E-state index contributed by atoms with van der Waals surface area (Å²) in [5, 5.41) is 5.60. The second-order valence-electron chi connectivity index (χ2n) is 6.24. The van der Waals surface area contributed by atoms with Gasteiger partial charge in [0.05, 0.1) is 13.2 Å². The Labute approximate surface area is 158 Å². The normalized spacial score (nSPS) is 16.1. The van der Waals surface area contributed by atoms with E-state index in [0.717, 1.165) is 5.75 Å². The van der Waals surface area contributed by atoms with Crippen LogP contribution in [0.5, 0.6) is 17.2 Å². The number of likely N-dealkylation sites (N-methyl/N-ethyl adjacent to an activating group) is 1. The summed E-state index contributed by atoms with van der Waals surface area (Å²) in [5.41, 5.74) is 0.641. The molecule has 3 amide bonds. The highest BCUT2D eigenvalue weighted by molar-refractivity contribution is 5.90. The minimum atomic E-state index is -0.327. The van der Waals surface area contributed by atoms with Gasteiger partial charge in [-0.25, -0.2) is 4.79 Å². The number of carbonyl (C=O) groups excluding carboxylic acids is 2. The molecule has 1 unspecified atom stereocenters. The van der Waals surface area contributed by atoms with Crippen molar-refractivity contribution in [1.29, 1.82) is 0 Å². The van der Waals surface area contributed by atoms with E-state index in [9.17, 15) is 9.59 Å². The molecule has 0 spiro atoms. The fourth-order valence-corrected chi connectivity index (χ4v) is 2.93. The topological polar surface area (TPSA) is 79.9 Å². The third kappa shape index (κ3) is 4.91. The molecule has 2 N–H and O–H groups in total. The Morgan fingerprint density at radius 1 is 1.15 bits per heavy atom. The van der Waals surface area contributed by atoms with Crippen LogP contribution in [-0.4, -0.2) is 43.1 Å². The lowest BCUT2D eigenvalue weighted by Crippen LogP contribution is -2.39. The first-order valence-corrected chi connectivity index (χ1v) is 8.84. The molecule has 2 aromatic carbocycles. The molecule has 0 aromatic heterocycles. The molecular formula is C20H23N3O4. The van der Waals surface area contributed by atoms with Gasteiger partial charge in [0.1, 0.15) is 17.2 Å². The van der Waals surface area contributed by atoms with Gasteiger partial charge in [-0.3, -0.25) is 4.79 Å². The summed E-state index contributed by atoms with van der Waals surface area (Å²) in [4.78, 5) is 25.6. The molecule has 1 heterocycles. The lowest BCUT2D eigenvalue weighted by Gasteiger charge is -2.15. The molecule has 1 aliphatic rings. The number of benzene rings is 2. The highest BCUT2D eigenvalue weighted by Crippen LogP contribution is 2.26. The van der Waals surface area contributed by atoms with Crippen LogP contribution in [0.1, 0.15) is 13.3 Å². The molecular weight excluding hydrogens is 346 g/mol. The second kappa shape index (κ2) is 8.44. The van der Waals surface area contributed by atoms with Crippen molar-refractivity contribution >= 4 is 17.6 Å². The third-order valence-corrected chi connectivity index (χ3v) is 4.32. The first-order valence-electron chi connectivity index (χ1n) is 8.84. The van der Waals surface area contributed by atoms with Gasteiger partial charge in [0.15, 0.2) is 0 Å². The Balaban J connectivity index is 1.53. The van der Waals surface area contributed by atoms with Crippen molar-refractivity contribution < 1.29 is 19.1 Å². The number of rotatable bonds is 6. The standard InChI is InChI=1S/C20H23N3O4/c1-3-23-13-15(11-19(23)24)22-20(25)21-14-7-9-16(10-8-14)27-18-6-4-5-17(12-18)26-2/h4-10,12,15H,3,11,13H2,1-2H3,(H2,21,22,25). The van der Waals surface area contributed by atoms with Crippen LogP contribution in [0.2, 0.25) is 0 Å². The number of nitrogens with zero attached hydrogens (tertiary/aromatic N) is 1. The smallest absolute Gasteiger partial charge is 0.319 e. The van der Waals surface area contributed by atoms with Gasteiger partial charge in [0.2, 0.25) is 5.91 Å². The predicted octanol–water partition coefficient (Wildman–Crippen LogP) is 3.23. The number of amides is 3. The van der Waals surface area contributed by atoms with Crippen LogP contribution in [0.3, 0.4) is 0 Å². The quantitative estimate of drug-likeness (QED) is 0.819. The molecule has 27 heavy (non-hydrogen) atoms. The third-order valence-electron chi connectivity index (χ3n) is 4.32. The minimum Gasteiger partial charge on any atom is -0.497 e. The molecule has 1 aliphatic heterocycles. The molecule has 0 radical (unpaired) electrons. The van der Waals surface area contributed by atoms with E-state index in [2.05, 4.69) is 10.6 Å². The van der Waals surface area contributed by atoms with E-state index in [4.69, 9.17) is 9.47 Å². The first kappa shape index (κ1) is 18.6. The van der Waals surface area contributed by atoms with Crippen LogP contribution in [0, 0.1) is 0 Å². The van der Waals surface area contributed by atoms with E-state index in [1.807, 2.05) is 25.1 Å². The molecule has 7 heteroatoms. The fourth-order valence-electron chi connectivity index (χ4n) is 2.93. The van der Waals surface area contributed by atoms with Gasteiger partial charge in [-0.05, 0) is 43.3 Å². The summed E-state index contributed by atoms with van der Waals surface area (Å²) in [6, 6.07) is 13.9. The number of methoxy groups -OCH3 is 1. The van der Waals surface area contributed by atoms with Crippen molar-refractivity contribution in [2.75, 3.05) is 25.5 Å². The van der Waals surface area contributed by atoms with E-state index in [1.54, 1.807) is 42.3 Å². The summed E-state index contributed by atoms with van der Waals surface area (Å²) >= 11 is 0. The minimum absolute atomic E-state index is 0.0712. The number of anilines is 1. The Morgan fingerprint density at radius 2 is 1.89 bits per heavy atom. The zero-order valence-corrected chi connectivity index (χ0v) is 15.4. The molecule has 0 aliphatic carbocycles. The summed E-state index contributed by atoms with van der Waals surface area (Å²) in [5.74, 6) is 2.10. The molecule has 0 saturated carbocycles. The highest BCUT2D eigenvalue weighted by atomic mass is 16.5. The second-order valence-corrected chi connectivity index (χ2v) is 6.24. The summed E-state index contributed by atoms with van der Waals surface area (Å²) in [7, 11) is 1.60. The van der Waals surface area contributed by atoms with E-state index >= 15 is 0 Å². The van der Waals surface area contributed by atoms with Crippen LogP contribution in [0.25, 0.3) is 0 Å². The van der Waals surface area contributed by atoms with Gasteiger partial charge < -0.3 is 25.0 Å². The van der Waals surface area contributed by atoms with Crippen molar-refractivity contribution in [3.05, 3.63) is 48.5 Å². The van der Waals surface area contributed by atoms with Crippen LogP contribution in [0.15, 0.2) is 48.5 Å². The van der Waals surface area contributed by atoms with Gasteiger partial charge in [0.25, 0.3) is 0 Å². The molecule has 1 atom stereocenters. The average molecular weight is 369 g/mol. The molecule has 7 nitrogen and oxygen atoms in total. The SMILES string of the molecule is CCN1CC(NC(=O)Nc2ccc(Oc3cccc(OC)c3)cc2)CC1=O. The van der Waals surface area contributed by atoms with Crippen LogP contribution in [0.4, 0.5) is 10.5 Å². The van der Waals surface area contributed by atoms with Gasteiger partial charge in [0, 0.05) is 31.3 Å². The van der Waals surface area contributed by atoms with E-state index in [0.29, 0.717) is 36.7 Å². The van der Waals surface area contributed by atoms with Crippen molar-refractivity contribution in [1.82, 2.24) is 10.2 Å². The van der Waals surface area contributed by atoms with Crippen molar-refractivity contribution in [2.24, 2.45) is 0 Å². The maximum absolute atomic E-state index is 12.1.